The summed E-state index contributed by atoms with van der Waals surface area (Å²) in [7, 11) is 0. The molecular weight excluding hydrogens is 219 g/mol. The van der Waals surface area contributed by atoms with E-state index in [4.69, 9.17) is 0 Å². The minimum Gasteiger partial charge on any atom is -0.298 e. The van der Waals surface area contributed by atoms with Gasteiger partial charge in [0.1, 0.15) is 0 Å². The number of pyridine rings is 1. The monoisotopic (exact) mass is 225 g/mol. The van der Waals surface area contributed by atoms with Gasteiger partial charge in [0.25, 0.3) is 0 Å². The minimum atomic E-state index is -4.44. The van der Waals surface area contributed by atoms with Crippen LogP contribution >= 0.6 is 0 Å². The molecule has 82 valence electrons. The van der Waals surface area contributed by atoms with Gasteiger partial charge < -0.3 is 0 Å². The van der Waals surface area contributed by atoms with Gasteiger partial charge in [-0.2, -0.15) is 13.2 Å². The lowest BCUT2D eigenvalue weighted by molar-refractivity contribution is -0.136. The van der Waals surface area contributed by atoms with Gasteiger partial charge in [0.15, 0.2) is 6.29 Å². The molecule has 0 radical (unpaired) electrons. The average Bonchev–Trinajstić information content (AvgIpc) is 2.26. The highest BCUT2D eigenvalue weighted by Gasteiger charge is 2.32. The van der Waals surface area contributed by atoms with Crippen LogP contribution in [0.1, 0.15) is 15.9 Å². The molecule has 0 bridgehead atoms. The molecule has 5 heteroatoms. The fourth-order valence-electron chi connectivity index (χ4n) is 1.54. The number of nitrogens with zero attached hydrogens (tertiary/aromatic N) is 1. The number of aromatic nitrogens is 1. The van der Waals surface area contributed by atoms with Crippen LogP contribution in [0, 0.1) is 0 Å². The van der Waals surface area contributed by atoms with Crippen LogP contribution in [-0.2, 0) is 6.18 Å². The zero-order valence-corrected chi connectivity index (χ0v) is 7.95. The smallest absolute Gasteiger partial charge is 0.298 e. The van der Waals surface area contributed by atoms with E-state index >= 15 is 0 Å². The summed E-state index contributed by atoms with van der Waals surface area (Å²) in [5, 5.41) is -0.0559. The molecule has 0 spiro atoms. The van der Waals surface area contributed by atoms with Crippen LogP contribution in [0.15, 0.2) is 30.5 Å². The van der Waals surface area contributed by atoms with E-state index in [1.165, 1.54) is 18.3 Å². The third-order valence-corrected chi connectivity index (χ3v) is 2.23. The van der Waals surface area contributed by atoms with Crippen molar-refractivity contribution in [2.24, 2.45) is 0 Å². The van der Waals surface area contributed by atoms with Gasteiger partial charge in [-0.3, -0.25) is 9.78 Å². The molecule has 0 fully saturated rings. The molecular formula is C11H6F3NO. The summed E-state index contributed by atoms with van der Waals surface area (Å²) < 4.78 is 37.9. The van der Waals surface area contributed by atoms with Crippen molar-refractivity contribution in [3.63, 3.8) is 0 Å². The molecule has 0 atom stereocenters. The molecule has 0 amide bonds. The second-order valence-corrected chi connectivity index (χ2v) is 3.22. The number of fused-ring (bicyclic) bond motifs is 1. The zero-order valence-electron chi connectivity index (χ0n) is 7.95. The fraction of sp³-hybridized carbons (Fsp3) is 0.0909. The van der Waals surface area contributed by atoms with Crippen molar-refractivity contribution in [3.8, 4) is 0 Å². The average molecular weight is 225 g/mol. The van der Waals surface area contributed by atoms with E-state index < -0.39 is 11.7 Å². The van der Waals surface area contributed by atoms with E-state index in [1.54, 1.807) is 0 Å². The van der Waals surface area contributed by atoms with E-state index in [-0.39, 0.29) is 16.5 Å². The van der Waals surface area contributed by atoms with Gasteiger partial charge in [0.2, 0.25) is 0 Å². The van der Waals surface area contributed by atoms with Gasteiger partial charge >= 0.3 is 6.18 Å². The predicted molar refractivity (Wildman–Crippen MR) is 52.1 cm³/mol. The van der Waals surface area contributed by atoms with Crippen molar-refractivity contribution in [2.75, 3.05) is 0 Å². The van der Waals surface area contributed by atoms with E-state index in [1.807, 2.05) is 0 Å². The van der Waals surface area contributed by atoms with Crippen molar-refractivity contribution in [1.82, 2.24) is 4.98 Å². The third-order valence-electron chi connectivity index (χ3n) is 2.23. The molecule has 0 saturated heterocycles. The quantitative estimate of drug-likeness (QED) is 0.698. The highest BCUT2D eigenvalue weighted by molar-refractivity contribution is 5.97. The largest absolute Gasteiger partial charge is 0.417 e. The summed E-state index contributed by atoms with van der Waals surface area (Å²) in [6, 6.07) is 4.74. The SMILES string of the molecule is O=Cc1ccc(C(F)(F)F)c2cccnc12. The van der Waals surface area contributed by atoms with Crippen molar-refractivity contribution in [1.29, 1.82) is 0 Å². The van der Waals surface area contributed by atoms with Crippen LogP contribution in [0.5, 0.6) is 0 Å². The van der Waals surface area contributed by atoms with Crippen LogP contribution in [0.4, 0.5) is 13.2 Å². The predicted octanol–water partition coefficient (Wildman–Crippen LogP) is 3.07. The Hall–Kier alpha value is -1.91. The van der Waals surface area contributed by atoms with E-state index in [0.717, 1.165) is 12.1 Å². The first-order chi connectivity index (χ1) is 7.54. The summed E-state index contributed by atoms with van der Waals surface area (Å²) in [4.78, 5) is 14.5. The molecule has 0 unspecified atom stereocenters. The number of aldehydes is 1. The molecule has 0 aliphatic rings. The number of rotatable bonds is 1. The van der Waals surface area contributed by atoms with Crippen molar-refractivity contribution in [2.45, 2.75) is 6.18 Å². The summed E-state index contributed by atoms with van der Waals surface area (Å²) in [5.74, 6) is 0. The molecule has 1 aromatic carbocycles. The van der Waals surface area contributed by atoms with Gasteiger partial charge in [-0.05, 0) is 18.2 Å². The number of alkyl halides is 3. The van der Waals surface area contributed by atoms with E-state index in [9.17, 15) is 18.0 Å². The first-order valence-corrected chi connectivity index (χ1v) is 4.44. The highest BCUT2D eigenvalue weighted by atomic mass is 19.4. The Balaban J connectivity index is 2.85. The lowest BCUT2D eigenvalue weighted by atomic mass is 10.0. The number of halogens is 3. The number of hydrogen-bond donors (Lipinski definition) is 0. The van der Waals surface area contributed by atoms with Gasteiger partial charge in [0.05, 0.1) is 11.1 Å². The number of benzene rings is 1. The summed E-state index contributed by atoms with van der Waals surface area (Å²) >= 11 is 0. The number of carbonyl (C=O) groups excluding carboxylic acids is 1. The van der Waals surface area contributed by atoms with E-state index in [0.29, 0.717) is 6.29 Å². The summed E-state index contributed by atoms with van der Waals surface area (Å²) in [6.45, 7) is 0. The molecule has 2 rings (SSSR count). The summed E-state index contributed by atoms with van der Waals surface area (Å²) in [5.41, 5.74) is -0.544. The molecule has 0 N–H and O–H groups in total. The molecule has 16 heavy (non-hydrogen) atoms. The highest BCUT2D eigenvalue weighted by Crippen LogP contribution is 2.34. The topological polar surface area (TPSA) is 30.0 Å². The Morgan fingerprint density at radius 3 is 2.56 bits per heavy atom. The molecule has 2 aromatic rings. The minimum absolute atomic E-state index is 0.0559. The van der Waals surface area contributed by atoms with Gasteiger partial charge in [-0.15, -0.1) is 0 Å². The standard InChI is InChI=1S/C11H6F3NO/c12-11(13,14)9-4-3-7(6-16)10-8(9)2-1-5-15-10/h1-6H. The molecule has 2 nitrogen and oxygen atoms in total. The Labute approximate surface area is 88.7 Å². The molecule has 1 heterocycles. The lowest BCUT2D eigenvalue weighted by Crippen LogP contribution is -2.06. The Kier molecular flexibility index (Phi) is 2.38. The fourth-order valence-corrected chi connectivity index (χ4v) is 1.54. The lowest BCUT2D eigenvalue weighted by Gasteiger charge is -2.10. The maximum Gasteiger partial charge on any atom is 0.417 e. The maximum absolute atomic E-state index is 12.6. The normalized spacial score (nSPS) is 11.7. The Bertz CT molecular complexity index is 548. The van der Waals surface area contributed by atoms with Gasteiger partial charge in [-0.1, -0.05) is 6.07 Å². The second kappa shape index (κ2) is 3.59. The molecule has 0 aliphatic heterocycles. The van der Waals surface area contributed by atoms with Crippen LogP contribution in [0.25, 0.3) is 10.9 Å². The Morgan fingerprint density at radius 1 is 1.19 bits per heavy atom. The van der Waals surface area contributed by atoms with Crippen molar-refractivity contribution < 1.29 is 18.0 Å². The first kappa shape index (κ1) is 10.6. The number of carbonyl (C=O) groups is 1. The van der Waals surface area contributed by atoms with Crippen LogP contribution in [0.3, 0.4) is 0 Å². The first-order valence-electron chi connectivity index (χ1n) is 4.44. The zero-order chi connectivity index (χ0) is 11.8. The van der Waals surface area contributed by atoms with E-state index in [2.05, 4.69) is 4.98 Å². The van der Waals surface area contributed by atoms with Crippen LogP contribution in [-0.4, -0.2) is 11.3 Å². The Morgan fingerprint density at radius 2 is 1.94 bits per heavy atom. The van der Waals surface area contributed by atoms with Gasteiger partial charge in [0, 0.05) is 17.1 Å². The van der Waals surface area contributed by atoms with Crippen molar-refractivity contribution >= 4 is 17.2 Å². The van der Waals surface area contributed by atoms with Gasteiger partial charge in [-0.25, -0.2) is 0 Å². The summed E-state index contributed by atoms with van der Waals surface area (Å²) in [6.07, 6.45) is -2.59. The second-order valence-electron chi connectivity index (χ2n) is 3.22. The number of hydrogen-bond acceptors (Lipinski definition) is 2. The van der Waals surface area contributed by atoms with Crippen LogP contribution in [0.2, 0.25) is 0 Å². The maximum atomic E-state index is 12.6. The third kappa shape index (κ3) is 1.64. The van der Waals surface area contributed by atoms with Crippen molar-refractivity contribution in [3.05, 3.63) is 41.6 Å². The molecule has 1 aromatic heterocycles. The molecule has 0 saturated carbocycles. The van der Waals surface area contributed by atoms with Crippen LogP contribution < -0.4 is 0 Å². The molecule has 0 aliphatic carbocycles.